The van der Waals surface area contributed by atoms with E-state index in [1.165, 1.54) is 16.7 Å². The molecular weight excluding hydrogens is 437 g/mol. The lowest BCUT2D eigenvalue weighted by molar-refractivity contribution is -0.113. The van der Waals surface area contributed by atoms with Gasteiger partial charge in [0.1, 0.15) is 5.82 Å². The van der Waals surface area contributed by atoms with E-state index in [0.717, 1.165) is 17.3 Å². The molecule has 0 aliphatic rings. The van der Waals surface area contributed by atoms with Gasteiger partial charge >= 0.3 is 0 Å². The van der Waals surface area contributed by atoms with Gasteiger partial charge in [0.2, 0.25) is 5.91 Å². The maximum Gasteiger partial charge on any atom is 0.262 e. The molecule has 1 N–H and O–H groups in total. The number of halogens is 2. The Labute approximate surface area is 186 Å². The second-order valence-corrected chi connectivity index (χ2v) is 8.10. The van der Waals surface area contributed by atoms with Gasteiger partial charge in [-0.2, -0.15) is 0 Å². The number of aromatic nitrogens is 2. The fourth-order valence-electron chi connectivity index (χ4n) is 3.05. The van der Waals surface area contributed by atoms with Gasteiger partial charge in [0.05, 0.1) is 33.9 Å². The molecule has 3 aromatic carbocycles. The molecule has 5 nitrogen and oxygen atoms in total. The van der Waals surface area contributed by atoms with Crippen LogP contribution in [0.3, 0.4) is 0 Å². The quantitative estimate of drug-likeness (QED) is 0.331. The summed E-state index contributed by atoms with van der Waals surface area (Å²) in [5, 5.41) is 4.09. The zero-order valence-corrected chi connectivity index (χ0v) is 17.8. The van der Waals surface area contributed by atoms with Crippen LogP contribution in [-0.2, 0) is 11.3 Å². The fourth-order valence-corrected chi connectivity index (χ4v) is 4.03. The Balaban J connectivity index is 1.62. The number of nitrogens with zero attached hydrogens (tertiary/aromatic N) is 2. The number of benzene rings is 3. The monoisotopic (exact) mass is 453 g/mol. The average Bonchev–Trinajstić information content (AvgIpc) is 2.77. The minimum Gasteiger partial charge on any atom is -0.324 e. The summed E-state index contributed by atoms with van der Waals surface area (Å²) >= 11 is 7.25. The van der Waals surface area contributed by atoms with E-state index >= 15 is 0 Å². The predicted octanol–water partition coefficient (Wildman–Crippen LogP) is 4.97. The van der Waals surface area contributed by atoms with E-state index in [9.17, 15) is 14.0 Å². The molecule has 0 fully saturated rings. The first-order chi connectivity index (χ1) is 15.0. The van der Waals surface area contributed by atoms with Crippen molar-refractivity contribution >= 4 is 45.9 Å². The fraction of sp³-hybridized carbons (Fsp3) is 0.0870. The number of thioether (sulfide) groups is 1. The first kappa shape index (κ1) is 21.1. The number of carbonyl (C=O) groups excluding carboxylic acids is 1. The molecule has 1 aromatic heterocycles. The number of hydrogen-bond donors (Lipinski definition) is 1. The summed E-state index contributed by atoms with van der Waals surface area (Å²) < 4.78 is 14.8. The van der Waals surface area contributed by atoms with E-state index in [2.05, 4.69) is 10.3 Å². The third-order valence-corrected chi connectivity index (χ3v) is 5.87. The Bertz CT molecular complexity index is 1310. The number of hydrogen-bond acceptors (Lipinski definition) is 4. The lowest BCUT2D eigenvalue weighted by Crippen LogP contribution is -2.25. The molecule has 0 saturated carbocycles. The predicted molar refractivity (Wildman–Crippen MR) is 122 cm³/mol. The van der Waals surface area contributed by atoms with E-state index in [0.29, 0.717) is 26.8 Å². The summed E-state index contributed by atoms with van der Waals surface area (Å²) in [7, 11) is 0. The summed E-state index contributed by atoms with van der Waals surface area (Å²) in [5.74, 6) is -0.577. The molecule has 0 aliphatic carbocycles. The molecule has 1 amide bonds. The highest BCUT2D eigenvalue weighted by molar-refractivity contribution is 7.99. The minimum atomic E-state index is -0.349. The van der Waals surface area contributed by atoms with Crippen LogP contribution in [0.1, 0.15) is 5.56 Å². The van der Waals surface area contributed by atoms with Crippen molar-refractivity contribution in [3.8, 4) is 0 Å². The number of amides is 1. The van der Waals surface area contributed by atoms with Gasteiger partial charge in [-0.3, -0.25) is 14.2 Å². The molecule has 31 heavy (non-hydrogen) atoms. The zero-order valence-electron chi connectivity index (χ0n) is 16.2. The van der Waals surface area contributed by atoms with Gasteiger partial charge < -0.3 is 5.32 Å². The molecule has 0 unspecified atom stereocenters. The second-order valence-electron chi connectivity index (χ2n) is 6.75. The van der Waals surface area contributed by atoms with Gasteiger partial charge in [-0.1, -0.05) is 59.8 Å². The van der Waals surface area contributed by atoms with Crippen LogP contribution in [0, 0.1) is 5.82 Å². The van der Waals surface area contributed by atoms with Gasteiger partial charge in [0.25, 0.3) is 5.56 Å². The topological polar surface area (TPSA) is 64.0 Å². The Morgan fingerprint density at radius 1 is 1.03 bits per heavy atom. The third kappa shape index (κ3) is 4.95. The average molecular weight is 454 g/mol. The molecule has 0 bridgehead atoms. The molecule has 0 saturated heterocycles. The van der Waals surface area contributed by atoms with Crippen molar-refractivity contribution in [2.75, 3.05) is 11.1 Å². The number of carbonyl (C=O) groups is 1. The Kier molecular flexibility index (Phi) is 6.34. The highest BCUT2D eigenvalue weighted by atomic mass is 35.5. The molecule has 4 rings (SSSR count). The molecule has 8 heteroatoms. The smallest absolute Gasteiger partial charge is 0.262 e. The standard InChI is InChI=1S/C23H17ClFN3O2S/c24-18-6-2-4-8-20(18)26-21(29)14-31-23-27-19-7-3-1-5-17(19)22(30)28(23)13-15-9-11-16(25)12-10-15/h1-12H,13-14H2,(H,26,29). The normalized spacial score (nSPS) is 10.9. The van der Waals surface area contributed by atoms with Crippen molar-refractivity contribution in [3.63, 3.8) is 0 Å². The number of rotatable bonds is 6. The molecule has 0 radical (unpaired) electrons. The Hall–Kier alpha value is -3.16. The van der Waals surface area contributed by atoms with Gasteiger partial charge in [0, 0.05) is 0 Å². The number of nitrogens with one attached hydrogen (secondary N) is 1. The van der Waals surface area contributed by atoms with Crippen molar-refractivity contribution in [1.29, 1.82) is 0 Å². The second kappa shape index (κ2) is 9.32. The molecule has 0 atom stereocenters. The van der Waals surface area contributed by atoms with Gasteiger partial charge in [0.15, 0.2) is 5.16 Å². The summed E-state index contributed by atoms with van der Waals surface area (Å²) in [6.07, 6.45) is 0. The molecule has 0 spiro atoms. The lowest BCUT2D eigenvalue weighted by Gasteiger charge is -2.13. The summed E-state index contributed by atoms with van der Waals surface area (Å²) in [6.45, 7) is 0.214. The highest BCUT2D eigenvalue weighted by Crippen LogP contribution is 2.22. The van der Waals surface area contributed by atoms with E-state index in [-0.39, 0.29) is 29.6 Å². The van der Waals surface area contributed by atoms with E-state index in [1.54, 1.807) is 60.7 Å². The zero-order chi connectivity index (χ0) is 21.8. The van der Waals surface area contributed by atoms with Gasteiger partial charge in [-0.05, 0) is 42.0 Å². The minimum absolute atomic E-state index is 0.0411. The van der Waals surface area contributed by atoms with Crippen molar-refractivity contribution in [3.05, 3.63) is 99.6 Å². The van der Waals surface area contributed by atoms with Crippen LogP contribution in [0.5, 0.6) is 0 Å². The summed E-state index contributed by atoms with van der Waals surface area (Å²) in [5.41, 5.74) is 1.61. The Morgan fingerprint density at radius 2 is 1.74 bits per heavy atom. The van der Waals surface area contributed by atoms with E-state index < -0.39 is 0 Å². The molecule has 156 valence electrons. The largest absolute Gasteiger partial charge is 0.324 e. The molecule has 0 aliphatic heterocycles. The van der Waals surface area contributed by atoms with Gasteiger partial charge in [-0.15, -0.1) is 0 Å². The SMILES string of the molecule is O=C(CSc1nc2ccccc2c(=O)n1Cc1ccc(F)cc1)Nc1ccccc1Cl. The first-order valence-electron chi connectivity index (χ1n) is 9.42. The van der Waals surface area contributed by atoms with E-state index in [4.69, 9.17) is 11.6 Å². The molecule has 1 heterocycles. The summed E-state index contributed by atoms with van der Waals surface area (Å²) in [6, 6.07) is 19.9. The number of fused-ring (bicyclic) bond motifs is 1. The molecule has 4 aromatic rings. The maximum absolute atomic E-state index is 13.3. The van der Waals surface area contributed by atoms with Crippen molar-refractivity contribution in [2.45, 2.75) is 11.7 Å². The number of para-hydroxylation sites is 2. The van der Waals surface area contributed by atoms with Crippen molar-refractivity contribution in [1.82, 2.24) is 9.55 Å². The van der Waals surface area contributed by atoms with E-state index in [1.807, 2.05) is 0 Å². The van der Waals surface area contributed by atoms with Crippen molar-refractivity contribution in [2.24, 2.45) is 0 Å². The van der Waals surface area contributed by atoms with Gasteiger partial charge in [-0.25, -0.2) is 9.37 Å². The maximum atomic E-state index is 13.3. The van der Waals surface area contributed by atoms with Crippen LogP contribution in [0.4, 0.5) is 10.1 Å². The van der Waals surface area contributed by atoms with Crippen LogP contribution in [-0.4, -0.2) is 21.2 Å². The third-order valence-electron chi connectivity index (χ3n) is 4.56. The Morgan fingerprint density at radius 3 is 2.52 bits per heavy atom. The van der Waals surface area contributed by atoms with Crippen LogP contribution in [0.2, 0.25) is 5.02 Å². The van der Waals surface area contributed by atoms with Crippen LogP contribution < -0.4 is 10.9 Å². The number of anilines is 1. The first-order valence-corrected chi connectivity index (χ1v) is 10.8. The molecular formula is C23H17ClFN3O2S. The highest BCUT2D eigenvalue weighted by Gasteiger charge is 2.14. The summed E-state index contributed by atoms with van der Waals surface area (Å²) in [4.78, 5) is 30.2. The van der Waals surface area contributed by atoms with Crippen molar-refractivity contribution < 1.29 is 9.18 Å². The van der Waals surface area contributed by atoms with Crippen LogP contribution >= 0.6 is 23.4 Å². The van der Waals surface area contributed by atoms with Crippen LogP contribution in [0.25, 0.3) is 10.9 Å². The lowest BCUT2D eigenvalue weighted by atomic mass is 10.2. The van der Waals surface area contributed by atoms with Crippen LogP contribution in [0.15, 0.2) is 82.7 Å².